The minimum atomic E-state index is -3.74. The summed E-state index contributed by atoms with van der Waals surface area (Å²) in [6.07, 6.45) is 1.17. The van der Waals surface area contributed by atoms with Gasteiger partial charge in [0, 0.05) is 6.04 Å². The van der Waals surface area contributed by atoms with Crippen LogP contribution in [0.1, 0.15) is 19.3 Å². The van der Waals surface area contributed by atoms with E-state index in [9.17, 15) is 18.0 Å². The number of hydrogen-bond donors (Lipinski definition) is 2. The minimum Gasteiger partial charge on any atom is -0.481 e. The number of carbonyl (C=O) groups is 2. The minimum absolute atomic E-state index is 0.260. The Hall–Kier alpha value is -1.15. The van der Waals surface area contributed by atoms with Crippen molar-refractivity contribution in [2.24, 2.45) is 5.92 Å². The van der Waals surface area contributed by atoms with Gasteiger partial charge in [-0.05, 0) is 19.3 Å². The molecule has 0 bridgehead atoms. The van der Waals surface area contributed by atoms with Gasteiger partial charge < -0.3 is 9.84 Å². The first kappa shape index (κ1) is 13.9. The fourth-order valence-corrected chi connectivity index (χ4v) is 3.06. The van der Waals surface area contributed by atoms with Gasteiger partial charge in [0.1, 0.15) is 0 Å². The van der Waals surface area contributed by atoms with E-state index in [1.54, 1.807) is 0 Å². The van der Waals surface area contributed by atoms with Gasteiger partial charge in [-0.1, -0.05) is 0 Å². The van der Waals surface area contributed by atoms with E-state index >= 15 is 0 Å². The fraction of sp³-hybridized carbons (Fsp3) is 0.778. The molecule has 1 fully saturated rings. The first-order chi connectivity index (χ1) is 7.84. The van der Waals surface area contributed by atoms with Crippen LogP contribution in [-0.4, -0.2) is 44.4 Å². The van der Waals surface area contributed by atoms with Crippen molar-refractivity contribution >= 4 is 22.0 Å². The molecule has 0 spiro atoms. The fourth-order valence-electron chi connectivity index (χ4n) is 1.82. The molecule has 0 radical (unpaired) electrons. The molecule has 1 rings (SSSR count). The predicted molar refractivity (Wildman–Crippen MR) is 57.7 cm³/mol. The zero-order chi connectivity index (χ0) is 13.1. The number of nitrogens with one attached hydrogen (secondary N) is 1. The molecule has 17 heavy (non-hydrogen) atoms. The Morgan fingerprint density at radius 3 is 2.53 bits per heavy atom. The van der Waals surface area contributed by atoms with Crippen LogP contribution in [0.2, 0.25) is 0 Å². The maximum atomic E-state index is 11.5. The van der Waals surface area contributed by atoms with E-state index in [2.05, 4.69) is 9.46 Å². The van der Waals surface area contributed by atoms with Gasteiger partial charge >= 0.3 is 11.9 Å². The average Bonchev–Trinajstić information content (AvgIpc) is 2.64. The number of ether oxygens (including phenoxy) is 1. The van der Waals surface area contributed by atoms with Crippen molar-refractivity contribution in [1.82, 2.24) is 4.72 Å². The molecule has 0 saturated heterocycles. The monoisotopic (exact) mass is 265 g/mol. The third-order valence-corrected chi connectivity index (χ3v) is 3.97. The molecule has 1 saturated carbocycles. The zero-order valence-corrected chi connectivity index (χ0v) is 10.2. The van der Waals surface area contributed by atoms with Crippen LogP contribution < -0.4 is 4.72 Å². The molecular formula is C9H15NO6S. The van der Waals surface area contributed by atoms with Crippen molar-refractivity contribution in [1.29, 1.82) is 0 Å². The lowest BCUT2D eigenvalue weighted by Crippen LogP contribution is -2.37. The second-order valence-electron chi connectivity index (χ2n) is 4.00. The number of carboxylic acid groups (broad SMARTS) is 1. The zero-order valence-electron chi connectivity index (χ0n) is 9.38. The smallest absolute Gasteiger partial charge is 0.322 e. The maximum Gasteiger partial charge on any atom is 0.322 e. The predicted octanol–water partition coefficient (Wildman–Crippen LogP) is -0.668. The van der Waals surface area contributed by atoms with Gasteiger partial charge in [-0.2, -0.15) is 0 Å². The summed E-state index contributed by atoms with van der Waals surface area (Å²) < 4.78 is 29.5. The molecule has 8 heteroatoms. The van der Waals surface area contributed by atoms with Crippen molar-refractivity contribution < 1.29 is 27.9 Å². The van der Waals surface area contributed by atoms with E-state index in [1.807, 2.05) is 0 Å². The number of rotatable bonds is 5. The highest BCUT2D eigenvalue weighted by Gasteiger charge is 2.32. The molecule has 0 aromatic carbocycles. The molecule has 2 N–H and O–H groups in total. The van der Waals surface area contributed by atoms with Crippen LogP contribution in [0.25, 0.3) is 0 Å². The first-order valence-electron chi connectivity index (χ1n) is 5.13. The third kappa shape index (κ3) is 4.31. The van der Waals surface area contributed by atoms with Crippen LogP contribution in [0.3, 0.4) is 0 Å². The quantitative estimate of drug-likeness (QED) is 0.638. The van der Waals surface area contributed by atoms with E-state index in [0.717, 1.165) is 7.11 Å². The highest BCUT2D eigenvalue weighted by Crippen LogP contribution is 2.26. The summed E-state index contributed by atoms with van der Waals surface area (Å²) in [4.78, 5) is 21.5. The summed E-state index contributed by atoms with van der Waals surface area (Å²) in [7, 11) is -2.64. The van der Waals surface area contributed by atoms with E-state index in [0.29, 0.717) is 12.8 Å². The molecule has 98 valence electrons. The van der Waals surface area contributed by atoms with Gasteiger partial charge in [0.25, 0.3) is 0 Å². The van der Waals surface area contributed by atoms with Gasteiger partial charge in [0.05, 0.1) is 13.0 Å². The van der Waals surface area contributed by atoms with Crippen molar-refractivity contribution in [3.05, 3.63) is 0 Å². The molecule has 1 aliphatic carbocycles. The Bertz CT molecular complexity index is 404. The van der Waals surface area contributed by atoms with Crippen LogP contribution in [0.5, 0.6) is 0 Å². The molecular weight excluding hydrogens is 250 g/mol. The Morgan fingerprint density at radius 2 is 2.06 bits per heavy atom. The molecule has 0 amide bonds. The SMILES string of the molecule is COC(=O)CS(=O)(=O)N[C@H]1CC[C@@H](C(=O)O)C1. The van der Waals surface area contributed by atoms with Crippen LogP contribution >= 0.6 is 0 Å². The molecule has 0 aliphatic heterocycles. The highest BCUT2D eigenvalue weighted by molar-refractivity contribution is 7.90. The second kappa shape index (κ2) is 5.46. The number of sulfonamides is 1. The molecule has 0 unspecified atom stereocenters. The Labute approximate surface area is 99.2 Å². The van der Waals surface area contributed by atoms with Crippen molar-refractivity contribution in [3.63, 3.8) is 0 Å². The summed E-state index contributed by atoms with van der Waals surface area (Å²) in [5.74, 6) is -3.01. The van der Waals surface area contributed by atoms with Crippen molar-refractivity contribution in [3.8, 4) is 0 Å². The number of aliphatic carboxylic acids is 1. The van der Waals surface area contributed by atoms with E-state index in [1.165, 1.54) is 0 Å². The summed E-state index contributed by atoms with van der Waals surface area (Å²) in [5.41, 5.74) is 0. The van der Waals surface area contributed by atoms with Gasteiger partial charge in [0.15, 0.2) is 5.75 Å². The van der Waals surface area contributed by atoms with E-state index in [-0.39, 0.29) is 6.42 Å². The second-order valence-corrected chi connectivity index (χ2v) is 5.75. The topological polar surface area (TPSA) is 110 Å². The first-order valence-corrected chi connectivity index (χ1v) is 6.79. The van der Waals surface area contributed by atoms with Crippen LogP contribution in [0, 0.1) is 5.92 Å². The van der Waals surface area contributed by atoms with E-state index in [4.69, 9.17) is 5.11 Å². The van der Waals surface area contributed by atoms with Crippen LogP contribution in [0.4, 0.5) is 0 Å². The van der Waals surface area contributed by atoms with Gasteiger partial charge in [-0.25, -0.2) is 13.1 Å². The van der Waals surface area contributed by atoms with Gasteiger partial charge in [-0.3, -0.25) is 9.59 Å². The molecule has 2 atom stereocenters. The number of carbonyl (C=O) groups excluding carboxylic acids is 1. The van der Waals surface area contributed by atoms with Crippen LogP contribution in [-0.2, 0) is 24.3 Å². The highest BCUT2D eigenvalue weighted by atomic mass is 32.2. The largest absolute Gasteiger partial charge is 0.481 e. The van der Waals surface area contributed by atoms with Gasteiger partial charge in [0.2, 0.25) is 10.0 Å². The summed E-state index contributed by atoms with van der Waals surface area (Å²) >= 11 is 0. The number of carboxylic acids is 1. The average molecular weight is 265 g/mol. The number of hydrogen-bond acceptors (Lipinski definition) is 5. The van der Waals surface area contributed by atoms with Crippen molar-refractivity contribution in [2.75, 3.05) is 12.9 Å². The molecule has 1 aliphatic rings. The Kier molecular flexibility index (Phi) is 4.47. The Morgan fingerprint density at radius 1 is 1.41 bits per heavy atom. The lowest BCUT2D eigenvalue weighted by Gasteiger charge is -2.11. The standard InChI is InChI=1S/C9H15NO6S/c1-16-8(11)5-17(14,15)10-7-3-2-6(4-7)9(12)13/h6-7,10H,2-5H2,1H3,(H,12,13)/t6-,7+/m1/s1. The number of methoxy groups -OCH3 is 1. The molecule has 0 aromatic heterocycles. The lowest BCUT2D eigenvalue weighted by atomic mass is 10.1. The molecule has 0 aromatic rings. The van der Waals surface area contributed by atoms with Gasteiger partial charge in [-0.15, -0.1) is 0 Å². The van der Waals surface area contributed by atoms with Crippen molar-refractivity contribution in [2.45, 2.75) is 25.3 Å². The lowest BCUT2D eigenvalue weighted by molar-refractivity contribution is -0.141. The molecule has 7 nitrogen and oxygen atoms in total. The van der Waals surface area contributed by atoms with E-state index < -0.39 is 39.7 Å². The van der Waals surface area contributed by atoms with Crippen LogP contribution in [0.15, 0.2) is 0 Å². The summed E-state index contributed by atoms with van der Waals surface area (Å²) in [6.45, 7) is 0. The Balaban J connectivity index is 2.50. The summed E-state index contributed by atoms with van der Waals surface area (Å²) in [6, 6.07) is -0.411. The summed E-state index contributed by atoms with van der Waals surface area (Å²) in [5, 5.41) is 8.76. The number of esters is 1. The normalized spacial score (nSPS) is 24.5. The third-order valence-electron chi connectivity index (χ3n) is 2.66. The maximum absolute atomic E-state index is 11.5. The molecule has 0 heterocycles.